The Labute approximate surface area is 168 Å². The summed E-state index contributed by atoms with van der Waals surface area (Å²) in [6.07, 6.45) is 1.64. The monoisotopic (exact) mass is 398 g/mol. The Balaban J connectivity index is 1.76. The largest absolute Gasteiger partial charge is 0.480 e. The fourth-order valence-corrected chi connectivity index (χ4v) is 3.64. The first-order valence-electron chi connectivity index (χ1n) is 9.46. The van der Waals surface area contributed by atoms with Crippen LogP contribution in [0.3, 0.4) is 0 Å². The van der Waals surface area contributed by atoms with Gasteiger partial charge in [0.2, 0.25) is 12.3 Å². The third-order valence-electron chi connectivity index (χ3n) is 5.25. The Hall–Kier alpha value is -3.22. The number of hydrogen-bond donors (Lipinski definition) is 1. The van der Waals surface area contributed by atoms with E-state index in [2.05, 4.69) is 0 Å². The van der Waals surface area contributed by atoms with Crippen LogP contribution in [0, 0.1) is 12.7 Å². The first-order valence-corrected chi connectivity index (χ1v) is 9.46. The molecule has 1 aliphatic rings. The number of rotatable bonds is 7. The number of benzene rings is 2. The molecule has 1 heterocycles. The first-order chi connectivity index (χ1) is 13.9. The molecule has 7 heteroatoms. The second kappa shape index (κ2) is 8.86. The predicted molar refractivity (Wildman–Crippen MR) is 105 cm³/mol. The first kappa shape index (κ1) is 20.5. The molecule has 29 heavy (non-hydrogen) atoms. The van der Waals surface area contributed by atoms with Crippen LogP contribution in [-0.4, -0.2) is 52.3 Å². The second-order valence-electron chi connectivity index (χ2n) is 7.21. The SMILES string of the molecule is Cc1ccc(-c2ccccc2F)cc1CN(C=O)CC(=O)N1CCCC1C(=O)O. The van der Waals surface area contributed by atoms with E-state index in [9.17, 15) is 23.9 Å². The van der Waals surface area contributed by atoms with Crippen molar-refractivity contribution in [3.63, 3.8) is 0 Å². The summed E-state index contributed by atoms with van der Waals surface area (Å²) >= 11 is 0. The summed E-state index contributed by atoms with van der Waals surface area (Å²) < 4.78 is 14.1. The Morgan fingerprint density at radius 2 is 2.03 bits per heavy atom. The lowest BCUT2D eigenvalue weighted by Gasteiger charge is -2.25. The van der Waals surface area contributed by atoms with Crippen LogP contribution in [0.15, 0.2) is 42.5 Å². The number of amides is 2. The normalized spacial score (nSPS) is 15.9. The second-order valence-corrected chi connectivity index (χ2v) is 7.21. The fourth-order valence-electron chi connectivity index (χ4n) is 3.64. The van der Waals surface area contributed by atoms with Crippen LogP contribution in [0.5, 0.6) is 0 Å². The van der Waals surface area contributed by atoms with Gasteiger partial charge in [-0.25, -0.2) is 9.18 Å². The topological polar surface area (TPSA) is 77.9 Å². The van der Waals surface area contributed by atoms with Crippen molar-refractivity contribution >= 4 is 18.3 Å². The molecule has 1 aliphatic heterocycles. The van der Waals surface area contributed by atoms with E-state index in [-0.39, 0.29) is 24.8 Å². The summed E-state index contributed by atoms with van der Waals surface area (Å²) in [5.41, 5.74) is 2.85. The Morgan fingerprint density at radius 1 is 1.28 bits per heavy atom. The minimum atomic E-state index is -1.03. The molecule has 3 rings (SSSR count). The van der Waals surface area contributed by atoms with E-state index >= 15 is 0 Å². The molecule has 0 radical (unpaired) electrons. The van der Waals surface area contributed by atoms with Crippen LogP contribution in [0.2, 0.25) is 0 Å². The highest BCUT2D eigenvalue weighted by molar-refractivity contribution is 5.86. The molecule has 1 saturated heterocycles. The van der Waals surface area contributed by atoms with Crippen LogP contribution in [-0.2, 0) is 20.9 Å². The number of nitrogens with zero attached hydrogens (tertiary/aromatic N) is 2. The Morgan fingerprint density at radius 3 is 2.72 bits per heavy atom. The van der Waals surface area contributed by atoms with Crippen LogP contribution < -0.4 is 0 Å². The van der Waals surface area contributed by atoms with Crippen molar-refractivity contribution in [2.24, 2.45) is 0 Å². The lowest BCUT2D eigenvalue weighted by Crippen LogP contribution is -2.45. The smallest absolute Gasteiger partial charge is 0.326 e. The molecule has 0 aromatic heterocycles. The van der Waals surface area contributed by atoms with Crippen molar-refractivity contribution in [2.45, 2.75) is 32.4 Å². The molecule has 0 spiro atoms. The summed E-state index contributed by atoms with van der Waals surface area (Å²) in [6.45, 7) is 2.24. The maximum atomic E-state index is 14.1. The average molecular weight is 398 g/mol. The lowest BCUT2D eigenvalue weighted by molar-refractivity contribution is -0.149. The third kappa shape index (κ3) is 4.62. The zero-order valence-electron chi connectivity index (χ0n) is 16.2. The van der Waals surface area contributed by atoms with Gasteiger partial charge in [-0.05, 0) is 48.6 Å². The van der Waals surface area contributed by atoms with Crippen molar-refractivity contribution < 1.29 is 23.9 Å². The van der Waals surface area contributed by atoms with Crippen molar-refractivity contribution in [1.29, 1.82) is 0 Å². The lowest BCUT2D eigenvalue weighted by atomic mass is 9.99. The van der Waals surface area contributed by atoms with Gasteiger partial charge in [-0.2, -0.15) is 0 Å². The number of carbonyl (C=O) groups is 3. The van der Waals surface area contributed by atoms with Gasteiger partial charge in [0, 0.05) is 18.7 Å². The van der Waals surface area contributed by atoms with Gasteiger partial charge in [-0.3, -0.25) is 9.59 Å². The highest BCUT2D eigenvalue weighted by Gasteiger charge is 2.34. The number of aliphatic carboxylic acids is 1. The number of hydrogen-bond acceptors (Lipinski definition) is 3. The quantitative estimate of drug-likeness (QED) is 0.728. The highest BCUT2D eigenvalue weighted by Crippen LogP contribution is 2.26. The number of carbonyl (C=O) groups excluding carboxylic acids is 2. The zero-order chi connectivity index (χ0) is 21.0. The maximum Gasteiger partial charge on any atom is 0.326 e. The summed E-state index contributed by atoms with van der Waals surface area (Å²) in [5.74, 6) is -1.75. The maximum absolute atomic E-state index is 14.1. The molecular formula is C22H23FN2O4. The molecule has 0 saturated carbocycles. The number of halogens is 1. The number of carboxylic acid groups (broad SMARTS) is 1. The highest BCUT2D eigenvalue weighted by atomic mass is 19.1. The van der Waals surface area contributed by atoms with Gasteiger partial charge in [-0.15, -0.1) is 0 Å². The number of carboxylic acids is 1. The van der Waals surface area contributed by atoms with Crippen LogP contribution in [0.4, 0.5) is 4.39 Å². The van der Waals surface area contributed by atoms with Crippen LogP contribution in [0.1, 0.15) is 24.0 Å². The Bertz CT molecular complexity index is 931. The molecule has 1 unspecified atom stereocenters. The van der Waals surface area contributed by atoms with Gasteiger partial charge in [0.15, 0.2) is 0 Å². The van der Waals surface area contributed by atoms with Crippen LogP contribution >= 0.6 is 0 Å². The van der Waals surface area contributed by atoms with Gasteiger partial charge in [0.25, 0.3) is 0 Å². The number of likely N-dealkylation sites (tertiary alicyclic amines) is 1. The standard InChI is InChI=1S/C22H23FN2O4/c1-15-8-9-16(18-5-2-3-6-19(18)23)11-17(15)12-24(14-26)13-21(27)25-10-4-7-20(25)22(28)29/h2-3,5-6,8-9,11,14,20H,4,7,10,12-13H2,1H3,(H,28,29). The molecule has 2 amide bonds. The molecule has 1 N–H and O–H groups in total. The van der Waals surface area contributed by atoms with E-state index in [0.29, 0.717) is 36.9 Å². The Kier molecular flexibility index (Phi) is 6.26. The molecule has 152 valence electrons. The van der Waals surface area contributed by atoms with Crippen molar-refractivity contribution in [2.75, 3.05) is 13.1 Å². The van der Waals surface area contributed by atoms with E-state index in [1.54, 1.807) is 18.2 Å². The molecule has 0 bridgehead atoms. The summed E-state index contributed by atoms with van der Waals surface area (Å²) in [4.78, 5) is 38.1. The van der Waals surface area contributed by atoms with E-state index in [1.807, 2.05) is 25.1 Å². The fraction of sp³-hybridized carbons (Fsp3) is 0.318. The summed E-state index contributed by atoms with van der Waals surface area (Å²) in [6, 6.07) is 11.1. The van der Waals surface area contributed by atoms with Crippen molar-refractivity contribution in [3.8, 4) is 11.1 Å². The van der Waals surface area contributed by atoms with Crippen molar-refractivity contribution in [3.05, 3.63) is 59.4 Å². The summed E-state index contributed by atoms with van der Waals surface area (Å²) in [7, 11) is 0. The minimum absolute atomic E-state index is 0.176. The zero-order valence-corrected chi connectivity index (χ0v) is 16.2. The number of aryl methyl sites for hydroxylation is 1. The van der Waals surface area contributed by atoms with Gasteiger partial charge < -0.3 is 14.9 Å². The minimum Gasteiger partial charge on any atom is -0.480 e. The molecule has 2 aromatic rings. The molecule has 1 atom stereocenters. The molecule has 2 aromatic carbocycles. The van der Waals surface area contributed by atoms with E-state index in [0.717, 1.165) is 11.1 Å². The molecule has 0 aliphatic carbocycles. The van der Waals surface area contributed by atoms with Crippen LogP contribution in [0.25, 0.3) is 11.1 Å². The molecular weight excluding hydrogens is 375 g/mol. The molecule has 1 fully saturated rings. The predicted octanol–water partition coefficient (Wildman–Crippen LogP) is 2.84. The third-order valence-corrected chi connectivity index (χ3v) is 5.25. The van der Waals surface area contributed by atoms with E-state index in [4.69, 9.17) is 0 Å². The summed E-state index contributed by atoms with van der Waals surface area (Å²) in [5, 5.41) is 9.25. The van der Waals surface area contributed by atoms with Crippen molar-refractivity contribution in [1.82, 2.24) is 9.80 Å². The van der Waals surface area contributed by atoms with E-state index in [1.165, 1.54) is 15.9 Å². The van der Waals surface area contributed by atoms with Gasteiger partial charge >= 0.3 is 5.97 Å². The van der Waals surface area contributed by atoms with Gasteiger partial charge in [0.1, 0.15) is 11.9 Å². The van der Waals surface area contributed by atoms with Gasteiger partial charge in [-0.1, -0.05) is 30.3 Å². The van der Waals surface area contributed by atoms with Gasteiger partial charge in [0.05, 0.1) is 6.54 Å². The molecule has 6 nitrogen and oxygen atoms in total. The average Bonchev–Trinajstić information content (AvgIpc) is 3.20. The van der Waals surface area contributed by atoms with E-state index < -0.39 is 12.0 Å².